The molecule has 2 amide bonds. The van der Waals surface area contributed by atoms with Crippen molar-refractivity contribution < 1.29 is 18.4 Å². The molecule has 10 heteroatoms. The fourth-order valence-electron chi connectivity index (χ4n) is 3.57. The van der Waals surface area contributed by atoms with Gasteiger partial charge in [0.05, 0.1) is 17.2 Å². The summed E-state index contributed by atoms with van der Waals surface area (Å²) in [5.41, 5.74) is 0.329. The smallest absolute Gasteiger partial charge is 0.258 e. The molecular formula is C23H14Cl4F2N2O2. The minimum absolute atomic E-state index is 0.217. The van der Waals surface area contributed by atoms with Crippen LogP contribution in [0.3, 0.4) is 0 Å². The Labute approximate surface area is 207 Å². The number of carbonyl (C=O) groups is 2. The Balaban J connectivity index is 1.52. The van der Waals surface area contributed by atoms with Gasteiger partial charge in [-0.1, -0.05) is 29.3 Å². The first-order valence-corrected chi connectivity index (χ1v) is 11.1. The summed E-state index contributed by atoms with van der Waals surface area (Å²) in [6.07, 6.45) is 0. The molecule has 2 N–H and O–H groups in total. The van der Waals surface area contributed by atoms with Crippen molar-refractivity contribution in [3.05, 3.63) is 93.5 Å². The number of benzene rings is 3. The van der Waals surface area contributed by atoms with Crippen LogP contribution in [-0.4, -0.2) is 16.1 Å². The van der Waals surface area contributed by atoms with Gasteiger partial charge in [0.15, 0.2) is 5.82 Å². The predicted octanol–water partition coefficient (Wildman–Crippen LogP) is 7.05. The molecule has 1 fully saturated rings. The minimum Gasteiger partial charge on any atom is -0.323 e. The van der Waals surface area contributed by atoms with Gasteiger partial charge in [0.1, 0.15) is 10.2 Å². The van der Waals surface area contributed by atoms with Crippen molar-refractivity contribution in [1.29, 1.82) is 0 Å². The van der Waals surface area contributed by atoms with E-state index in [1.54, 1.807) is 12.1 Å². The SMILES string of the molecule is O=C(Nc1ccc(F)cc1)c1cccc(NC(=O)[C@H]2[C@H](c3cc(Cl)cc(Cl)c3)C2(Cl)Cl)c1F. The number of halogens is 6. The van der Waals surface area contributed by atoms with Gasteiger partial charge in [-0.15, -0.1) is 23.2 Å². The highest BCUT2D eigenvalue weighted by molar-refractivity contribution is 6.53. The quantitative estimate of drug-likeness (QED) is 0.348. The van der Waals surface area contributed by atoms with Crippen LogP contribution in [0.1, 0.15) is 21.8 Å². The second kappa shape index (κ2) is 9.11. The van der Waals surface area contributed by atoms with Crippen molar-refractivity contribution in [3.63, 3.8) is 0 Å². The molecule has 2 atom stereocenters. The maximum atomic E-state index is 15.0. The Morgan fingerprint density at radius 3 is 2.15 bits per heavy atom. The molecular weight excluding hydrogens is 516 g/mol. The number of carbonyl (C=O) groups excluding carboxylic acids is 2. The van der Waals surface area contributed by atoms with Gasteiger partial charge in [0.25, 0.3) is 5.91 Å². The van der Waals surface area contributed by atoms with E-state index in [4.69, 9.17) is 46.4 Å². The van der Waals surface area contributed by atoms with Gasteiger partial charge in [0, 0.05) is 21.7 Å². The average molecular weight is 530 g/mol. The zero-order valence-electron chi connectivity index (χ0n) is 16.5. The zero-order chi connectivity index (χ0) is 23.9. The van der Waals surface area contributed by atoms with E-state index in [9.17, 15) is 14.0 Å². The van der Waals surface area contributed by atoms with Gasteiger partial charge in [-0.25, -0.2) is 8.78 Å². The minimum atomic E-state index is -1.44. The molecule has 0 saturated heterocycles. The molecule has 1 aliphatic carbocycles. The summed E-state index contributed by atoms with van der Waals surface area (Å²) in [6, 6.07) is 13.7. The summed E-state index contributed by atoms with van der Waals surface area (Å²) in [6.45, 7) is 0. The van der Waals surface area contributed by atoms with Crippen molar-refractivity contribution in [2.24, 2.45) is 5.92 Å². The van der Waals surface area contributed by atoms with Crippen molar-refractivity contribution in [1.82, 2.24) is 0 Å². The number of rotatable bonds is 5. The van der Waals surface area contributed by atoms with Gasteiger partial charge < -0.3 is 10.6 Å². The summed E-state index contributed by atoms with van der Waals surface area (Å²) >= 11 is 24.7. The Kier molecular flexibility index (Phi) is 6.56. The Morgan fingerprint density at radius 1 is 0.879 bits per heavy atom. The summed E-state index contributed by atoms with van der Waals surface area (Å²) < 4.78 is 26.6. The number of anilines is 2. The summed E-state index contributed by atoms with van der Waals surface area (Å²) in [5.74, 6) is -4.31. The zero-order valence-corrected chi connectivity index (χ0v) is 19.5. The molecule has 170 valence electrons. The van der Waals surface area contributed by atoms with E-state index < -0.39 is 39.6 Å². The molecule has 4 rings (SSSR count). The number of hydrogen-bond donors (Lipinski definition) is 2. The molecule has 33 heavy (non-hydrogen) atoms. The maximum Gasteiger partial charge on any atom is 0.258 e. The predicted molar refractivity (Wildman–Crippen MR) is 127 cm³/mol. The lowest BCUT2D eigenvalue weighted by Crippen LogP contribution is -2.20. The third kappa shape index (κ3) is 4.94. The van der Waals surface area contributed by atoms with E-state index in [-0.39, 0.29) is 16.9 Å². The highest BCUT2D eigenvalue weighted by Crippen LogP contribution is 2.65. The lowest BCUT2D eigenvalue weighted by Gasteiger charge is -2.11. The summed E-state index contributed by atoms with van der Waals surface area (Å²) in [7, 11) is 0. The molecule has 4 nitrogen and oxygen atoms in total. The first kappa shape index (κ1) is 23.8. The molecule has 3 aromatic rings. The van der Waals surface area contributed by atoms with Crippen LogP contribution in [-0.2, 0) is 4.79 Å². The Bertz CT molecular complexity index is 1230. The average Bonchev–Trinajstić information content (AvgIpc) is 3.32. The number of amides is 2. The highest BCUT2D eigenvalue weighted by Gasteiger charge is 2.67. The van der Waals surface area contributed by atoms with Crippen LogP contribution >= 0.6 is 46.4 Å². The molecule has 1 saturated carbocycles. The molecule has 0 radical (unpaired) electrons. The van der Waals surface area contributed by atoms with E-state index in [2.05, 4.69) is 10.6 Å². The van der Waals surface area contributed by atoms with Crippen LogP contribution in [0.4, 0.5) is 20.2 Å². The highest BCUT2D eigenvalue weighted by atomic mass is 35.5. The maximum absolute atomic E-state index is 15.0. The van der Waals surface area contributed by atoms with Crippen LogP contribution in [0.5, 0.6) is 0 Å². The third-order valence-corrected chi connectivity index (χ3v) is 6.56. The number of nitrogens with one attached hydrogen (secondary N) is 2. The van der Waals surface area contributed by atoms with E-state index in [0.29, 0.717) is 15.6 Å². The molecule has 0 aliphatic heterocycles. The van der Waals surface area contributed by atoms with E-state index in [1.807, 2.05) is 0 Å². The topological polar surface area (TPSA) is 58.2 Å². The number of hydrogen-bond acceptors (Lipinski definition) is 2. The second-order valence-electron chi connectivity index (χ2n) is 7.45. The monoisotopic (exact) mass is 528 g/mol. The molecule has 3 aromatic carbocycles. The first-order valence-electron chi connectivity index (χ1n) is 9.58. The van der Waals surface area contributed by atoms with Crippen LogP contribution < -0.4 is 10.6 Å². The van der Waals surface area contributed by atoms with Crippen LogP contribution in [0, 0.1) is 17.6 Å². The van der Waals surface area contributed by atoms with Gasteiger partial charge >= 0.3 is 0 Å². The fraction of sp³-hybridized carbons (Fsp3) is 0.130. The molecule has 0 bridgehead atoms. The number of alkyl halides is 2. The van der Waals surface area contributed by atoms with Crippen LogP contribution in [0.2, 0.25) is 10.0 Å². The second-order valence-corrected chi connectivity index (χ2v) is 9.77. The van der Waals surface area contributed by atoms with Crippen LogP contribution in [0.25, 0.3) is 0 Å². The van der Waals surface area contributed by atoms with Crippen molar-refractivity contribution in [2.75, 3.05) is 10.6 Å². The summed E-state index contributed by atoms with van der Waals surface area (Å²) in [5, 5.41) is 5.63. The molecule has 1 aliphatic rings. The van der Waals surface area contributed by atoms with Gasteiger partial charge in [-0.05, 0) is 60.2 Å². The first-order chi connectivity index (χ1) is 15.6. The largest absolute Gasteiger partial charge is 0.323 e. The molecule has 0 unspecified atom stereocenters. The van der Waals surface area contributed by atoms with Gasteiger partial charge in [0.2, 0.25) is 5.91 Å². The lowest BCUT2D eigenvalue weighted by atomic mass is 10.1. The van der Waals surface area contributed by atoms with Gasteiger partial charge in [-0.2, -0.15) is 0 Å². The standard InChI is InChI=1S/C23H14Cl4F2N2O2/c24-12-8-11(9-13(25)10-12)18-19(23(18,26)27)22(33)31-17-3-1-2-16(20(17)29)21(32)30-15-6-4-14(28)5-7-15/h1-10,18-19H,(H,30,32)(H,31,33)/t18-,19+/m0/s1. The summed E-state index contributed by atoms with van der Waals surface area (Å²) in [4.78, 5) is 25.3. The third-order valence-electron chi connectivity index (χ3n) is 5.18. The van der Waals surface area contributed by atoms with E-state index in [0.717, 1.165) is 12.1 Å². The molecule has 0 heterocycles. The van der Waals surface area contributed by atoms with Crippen LogP contribution in [0.15, 0.2) is 60.7 Å². The molecule has 0 spiro atoms. The van der Waals surface area contributed by atoms with E-state index >= 15 is 4.39 Å². The Morgan fingerprint density at radius 2 is 1.52 bits per heavy atom. The van der Waals surface area contributed by atoms with Gasteiger partial charge in [-0.3, -0.25) is 9.59 Å². The van der Waals surface area contributed by atoms with E-state index in [1.165, 1.54) is 36.4 Å². The molecule has 0 aromatic heterocycles. The van der Waals surface area contributed by atoms with Crippen molar-refractivity contribution >= 4 is 69.6 Å². The van der Waals surface area contributed by atoms with Crippen molar-refractivity contribution in [3.8, 4) is 0 Å². The normalized spacial score (nSPS) is 18.5. The Hall–Kier alpha value is -2.38. The fourth-order valence-corrected chi connectivity index (χ4v) is 4.94. The lowest BCUT2D eigenvalue weighted by molar-refractivity contribution is -0.117. The van der Waals surface area contributed by atoms with Crippen molar-refractivity contribution in [2.45, 2.75) is 10.3 Å².